The molecule has 0 aliphatic rings. The number of nitrogens with zero attached hydrogens (tertiary/aromatic N) is 1. The third-order valence-corrected chi connectivity index (χ3v) is 4.27. The fourth-order valence-corrected chi connectivity index (χ4v) is 2.85. The summed E-state index contributed by atoms with van der Waals surface area (Å²) in [5, 5.41) is 3.96. The normalized spacial score (nSPS) is 12.5. The van der Waals surface area contributed by atoms with Crippen molar-refractivity contribution >= 4 is 27.8 Å². The number of rotatable bonds is 4. The summed E-state index contributed by atoms with van der Waals surface area (Å²) in [4.78, 5) is 0.871. The van der Waals surface area contributed by atoms with Crippen molar-refractivity contribution in [3.8, 4) is 0 Å². The minimum Gasteiger partial charge on any atom is -0.200 e. The van der Waals surface area contributed by atoms with Gasteiger partial charge in [-0.3, -0.25) is 0 Å². The number of hydrazone groups is 1. The van der Waals surface area contributed by atoms with Crippen LogP contribution < -0.4 is 4.83 Å². The molecule has 122 valence electrons. The molecule has 0 amide bonds. The average molecular weight is 363 g/mol. The van der Waals surface area contributed by atoms with E-state index in [2.05, 4.69) is 5.10 Å². The Morgan fingerprint density at radius 1 is 1.04 bits per heavy atom. The van der Waals surface area contributed by atoms with E-state index in [1.54, 1.807) is 29.1 Å². The highest BCUT2D eigenvalue weighted by Crippen LogP contribution is 2.33. The van der Waals surface area contributed by atoms with Crippen LogP contribution in [0.5, 0.6) is 0 Å². The van der Waals surface area contributed by atoms with Crippen molar-refractivity contribution in [2.45, 2.75) is 11.1 Å². The Balaban J connectivity index is 2.25. The SMILES string of the molecule is O=S(=O)(N/N=C/c1ccc(Cl)cc1)c1ccccc1C(F)(F)F. The Morgan fingerprint density at radius 2 is 1.65 bits per heavy atom. The van der Waals surface area contributed by atoms with E-state index in [1.807, 2.05) is 0 Å². The molecular formula is C14H10ClF3N2O2S. The molecule has 2 aromatic carbocycles. The average Bonchev–Trinajstić information content (AvgIpc) is 2.48. The van der Waals surface area contributed by atoms with Crippen molar-refractivity contribution in [2.24, 2.45) is 5.10 Å². The highest BCUT2D eigenvalue weighted by Gasteiger charge is 2.36. The molecule has 0 aromatic heterocycles. The molecule has 9 heteroatoms. The third-order valence-electron chi connectivity index (χ3n) is 2.74. The fourth-order valence-electron chi connectivity index (χ4n) is 1.70. The quantitative estimate of drug-likeness (QED) is 0.666. The largest absolute Gasteiger partial charge is 0.417 e. The molecule has 0 heterocycles. The Bertz CT molecular complexity index is 819. The van der Waals surface area contributed by atoms with Crippen LogP contribution in [0.2, 0.25) is 5.02 Å². The van der Waals surface area contributed by atoms with Crippen LogP contribution >= 0.6 is 11.6 Å². The molecule has 2 aromatic rings. The number of sulfonamides is 1. The first-order valence-corrected chi connectivity index (χ1v) is 8.03. The Kier molecular flexibility index (Phi) is 4.96. The van der Waals surface area contributed by atoms with Gasteiger partial charge in [0.15, 0.2) is 0 Å². The number of halogens is 4. The van der Waals surface area contributed by atoms with Crippen LogP contribution in [0.1, 0.15) is 11.1 Å². The molecule has 0 saturated heterocycles. The Labute approximate surface area is 135 Å². The van der Waals surface area contributed by atoms with Crippen LogP contribution in [0.15, 0.2) is 58.5 Å². The first-order valence-electron chi connectivity index (χ1n) is 6.17. The molecule has 0 bridgehead atoms. The molecule has 0 spiro atoms. The van der Waals surface area contributed by atoms with Crippen LogP contribution in [-0.4, -0.2) is 14.6 Å². The lowest BCUT2D eigenvalue weighted by Gasteiger charge is -2.12. The van der Waals surface area contributed by atoms with Crippen molar-refractivity contribution in [2.75, 3.05) is 0 Å². The molecule has 0 saturated carbocycles. The van der Waals surface area contributed by atoms with E-state index in [1.165, 1.54) is 6.07 Å². The van der Waals surface area contributed by atoms with E-state index >= 15 is 0 Å². The number of hydrogen-bond donors (Lipinski definition) is 1. The van der Waals surface area contributed by atoms with Gasteiger partial charge in [-0.2, -0.15) is 26.7 Å². The maximum atomic E-state index is 12.9. The lowest BCUT2D eigenvalue weighted by Crippen LogP contribution is -2.22. The van der Waals surface area contributed by atoms with E-state index in [-0.39, 0.29) is 0 Å². The number of alkyl halides is 3. The Hall–Kier alpha value is -2.06. The van der Waals surface area contributed by atoms with Crippen molar-refractivity contribution in [1.29, 1.82) is 0 Å². The van der Waals surface area contributed by atoms with Gasteiger partial charge in [0.2, 0.25) is 0 Å². The molecule has 0 aliphatic carbocycles. The van der Waals surface area contributed by atoms with Gasteiger partial charge >= 0.3 is 6.18 Å². The summed E-state index contributed by atoms with van der Waals surface area (Å²) in [6, 6.07) is 10.1. The van der Waals surface area contributed by atoms with E-state index < -0.39 is 26.7 Å². The summed E-state index contributed by atoms with van der Waals surface area (Å²) in [7, 11) is -4.45. The summed E-state index contributed by atoms with van der Waals surface area (Å²) in [6.45, 7) is 0. The van der Waals surface area contributed by atoms with Crippen LogP contribution in [0.3, 0.4) is 0 Å². The van der Waals surface area contributed by atoms with E-state index in [0.29, 0.717) is 16.7 Å². The van der Waals surface area contributed by atoms with Gasteiger partial charge < -0.3 is 0 Å². The van der Waals surface area contributed by atoms with Crippen LogP contribution in [0.4, 0.5) is 13.2 Å². The summed E-state index contributed by atoms with van der Waals surface area (Å²) >= 11 is 5.70. The van der Waals surface area contributed by atoms with Gasteiger partial charge in [0.1, 0.15) is 4.90 Å². The minimum atomic E-state index is -4.79. The second-order valence-electron chi connectivity index (χ2n) is 4.40. The molecule has 0 aliphatic heterocycles. The molecule has 0 radical (unpaired) electrons. The first kappa shape index (κ1) is 17.3. The Morgan fingerprint density at radius 3 is 2.26 bits per heavy atom. The molecular weight excluding hydrogens is 353 g/mol. The van der Waals surface area contributed by atoms with Gasteiger partial charge in [0.05, 0.1) is 11.8 Å². The predicted molar refractivity (Wildman–Crippen MR) is 80.8 cm³/mol. The van der Waals surface area contributed by atoms with Gasteiger partial charge in [-0.1, -0.05) is 35.9 Å². The highest BCUT2D eigenvalue weighted by molar-refractivity contribution is 7.89. The smallest absolute Gasteiger partial charge is 0.200 e. The number of nitrogens with one attached hydrogen (secondary N) is 1. The maximum Gasteiger partial charge on any atom is 0.417 e. The molecule has 4 nitrogen and oxygen atoms in total. The van der Waals surface area contributed by atoms with Gasteiger partial charge in [0, 0.05) is 5.02 Å². The van der Waals surface area contributed by atoms with Crippen molar-refractivity contribution in [1.82, 2.24) is 4.83 Å². The van der Waals surface area contributed by atoms with Gasteiger partial charge in [0.25, 0.3) is 10.0 Å². The molecule has 2 rings (SSSR count). The van der Waals surface area contributed by atoms with Crippen LogP contribution in [0.25, 0.3) is 0 Å². The van der Waals surface area contributed by atoms with Crippen LogP contribution in [-0.2, 0) is 16.2 Å². The highest BCUT2D eigenvalue weighted by atomic mass is 35.5. The third kappa shape index (κ3) is 4.46. The minimum absolute atomic E-state index is 0.488. The second kappa shape index (κ2) is 6.59. The number of benzene rings is 2. The van der Waals surface area contributed by atoms with Gasteiger partial charge in [-0.15, -0.1) is 0 Å². The molecule has 0 unspecified atom stereocenters. The topological polar surface area (TPSA) is 58.5 Å². The van der Waals surface area contributed by atoms with E-state index in [9.17, 15) is 21.6 Å². The number of hydrogen-bond acceptors (Lipinski definition) is 3. The van der Waals surface area contributed by atoms with E-state index in [4.69, 9.17) is 11.6 Å². The monoisotopic (exact) mass is 362 g/mol. The van der Waals surface area contributed by atoms with Gasteiger partial charge in [-0.05, 0) is 29.8 Å². The molecule has 1 N–H and O–H groups in total. The van der Waals surface area contributed by atoms with Crippen molar-refractivity contribution in [3.05, 3.63) is 64.7 Å². The predicted octanol–water partition coefficient (Wildman–Crippen LogP) is 3.67. The van der Waals surface area contributed by atoms with Crippen LogP contribution in [0, 0.1) is 0 Å². The van der Waals surface area contributed by atoms with E-state index in [0.717, 1.165) is 18.3 Å². The fraction of sp³-hybridized carbons (Fsp3) is 0.0714. The zero-order valence-electron chi connectivity index (χ0n) is 11.4. The first-order chi connectivity index (χ1) is 10.7. The molecule has 0 atom stereocenters. The summed E-state index contributed by atoms with van der Waals surface area (Å²) in [5.74, 6) is 0. The zero-order valence-corrected chi connectivity index (χ0v) is 13.0. The lowest BCUT2D eigenvalue weighted by molar-refractivity contribution is -0.139. The zero-order chi connectivity index (χ0) is 17.1. The maximum absolute atomic E-state index is 12.9. The second-order valence-corrected chi connectivity index (χ2v) is 6.46. The lowest BCUT2D eigenvalue weighted by atomic mass is 10.2. The van der Waals surface area contributed by atoms with Crippen molar-refractivity contribution < 1.29 is 21.6 Å². The molecule has 23 heavy (non-hydrogen) atoms. The summed E-state index contributed by atoms with van der Waals surface area (Å²) in [6.07, 6.45) is -3.63. The van der Waals surface area contributed by atoms with Crippen molar-refractivity contribution in [3.63, 3.8) is 0 Å². The summed E-state index contributed by atoms with van der Waals surface area (Å²) < 4.78 is 62.6. The standard InChI is InChI=1S/C14H10ClF3N2O2S/c15-11-7-5-10(6-8-11)9-19-20-23(21,22)13-4-2-1-3-12(13)14(16,17)18/h1-9,20H/b19-9+. The summed E-state index contributed by atoms with van der Waals surface area (Å²) in [5.41, 5.74) is -0.726. The van der Waals surface area contributed by atoms with Gasteiger partial charge in [-0.25, -0.2) is 4.83 Å². The molecule has 0 fully saturated rings.